The molecule has 6 nitrogen and oxygen atoms in total. The SMILES string of the molecule is COC(=O)Cc1nc2ccc(C)cn2c1N=Nc1cccc(Cl)c1. The van der Waals surface area contributed by atoms with Gasteiger partial charge in [0, 0.05) is 11.2 Å². The Hall–Kier alpha value is -2.73. The number of imidazole rings is 1. The van der Waals surface area contributed by atoms with Gasteiger partial charge in [0.15, 0.2) is 5.82 Å². The highest BCUT2D eigenvalue weighted by atomic mass is 35.5. The lowest BCUT2D eigenvalue weighted by Gasteiger charge is -2.00. The van der Waals surface area contributed by atoms with Crippen LogP contribution >= 0.6 is 11.6 Å². The highest BCUT2D eigenvalue weighted by molar-refractivity contribution is 6.30. The molecule has 0 aliphatic heterocycles. The number of rotatable bonds is 4. The summed E-state index contributed by atoms with van der Waals surface area (Å²) in [5.74, 6) is 0.119. The number of nitrogens with zero attached hydrogens (tertiary/aromatic N) is 4. The molecule has 3 rings (SSSR count). The van der Waals surface area contributed by atoms with Crippen molar-refractivity contribution >= 4 is 34.7 Å². The third kappa shape index (κ3) is 3.44. The Morgan fingerprint density at radius 3 is 2.88 bits per heavy atom. The fourth-order valence-electron chi connectivity index (χ4n) is 2.26. The first kappa shape index (κ1) is 16.1. The van der Waals surface area contributed by atoms with E-state index in [-0.39, 0.29) is 12.4 Å². The number of fused-ring (bicyclic) bond motifs is 1. The van der Waals surface area contributed by atoms with Gasteiger partial charge in [0.25, 0.3) is 0 Å². The third-order valence-corrected chi connectivity index (χ3v) is 3.65. The van der Waals surface area contributed by atoms with Crippen LogP contribution in [0.3, 0.4) is 0 Å². The summed E-state index contributed by atoms with van der Waals surface area (Å²) >= 11 is 5.96. The van der Waals surface area contributed by atoms with Crippen LogP contribution in [0.5, 0.6) is 0 Å². The second-order valence-corrected chi connectivity index (χ2v) is 5.69. The van der Waals surface area contributed by atoms with Crippen LogP contribution in [0.1, 0.15) is 11.3 Å². The minimum atomic E-state index is -0.380. The summed E-state index contributed by atoms with van der Waals surface area (Å²) in [6.45, 7) is 1.97. The zero-order valence-corrected chi connectivity index (χ0v) is 14.0. The molecule has 0 aliphatic rings. The van der Waals surface area contributed by atoms with Crippen molar-refractivity contribution in [2.45, 2.75) is 13.3 Å². The van der Waals surface area contributed by atoms with Crippen LogP contribution in [0.2, 0.25) is 5.02 Å². The van der Waals surface area contributed by atoms with Crippen molar-refractivity contribution in [2.75, 3.05) is 7.11 Å². The number of esters is 1. The first-order valence-corrected chi connectivity index (χ1v) is 7.66. The summed E-state index contributed by atoms with van der Waals surface area (Å²) in [5.41, 5.74) is 2.87. The van der Waals surface area contributed by atoms with Gasteiger partial charge >= 0.3 is 5.97 Å². The molecule has 0 fully saturated rings. The first-order chi connectivity index (χ1) is 11.6. The van der Waals surface area contributed by atoms with Gasteiger partial charge in [-0.25, -0.2) is 4.98 Å². The van der Waals surface area contributed by atoms with E-state index in [1.807, 2.05) is 29.7 Å². The summed E-state index contributed by atoms with van der Waals surface area (Å²) in [7, 11) is 1.34. The van der Waals surface area contributed by atoms with E-state index in [0.29, 0.717) is 27.9 Å². The van der Waals surface area contributed by atoms with Crippen molar-refractivity contribution in [3.8, 4) is 0 Å². The summed E-state index contributed by atoms with van der Waals surface area (Å²) in [6.07, 6.45) is 1.93. The number of methoxy groups -OCH3 is 1. The van der Waals surface area contributed by atoms with E-state index in [0.717, 1.165) is 5.56 Å². The maximum absolute atomic E-state index is 11.6. The number of aryl methyl sites for hydroxylation is 1. The Kier molecular flexibility index (Phi) is 4.57. The summed E-state index contributed by atoms with van der Waals surface area (Å²) in [4.78, 5) is 16.1. The molecule has 24 heavy (non-hydrogen) atoms. The van der Waals surface area contributed by atoms with Crippen molar-refractivity contribution in [1.82, 2.24) is 9.38 Å². The molecule has 0 saturated heterocycles. The molecule has 7 heteroatoms. The number of pyridine rings is 1. The van der Waals surface area contributed by atoms with Crippen LogP contribution in [0.25, 0.3) is 5.65 Å². The summed E-state index contributed by atoms with van der Waals surface area (Å²) < 4.78 is 6.54. The van der Waals surface area contributed by atoms with Gasteiger partial charge in [0.2, 0.25) is 0 Å². The van der Waals surface area contributed by atoms with Gasteiger partial charge in [-0.05, 0) is 36.8 Å². The molecule has 0 amide bonds. The molecule has 122 valence electrons. The predicted molar refractivity (Wildman–Crippen MR) is 91.3 cm³/mol. The van der Waals surface area contributed by atoms with Crippen LogP contribution in [0.15, 0.2) is 52.8 Å². The van der Waals surface area contributed by atoms with Crippen LogP contribution in [0, 0.1) is 6.92 Å². The van der Waals surface area contributed by atoms with Crippen LogP contribution in [-0.2, 0) is 16.0 Å². The van der Waals surface area contributed by atoms with E-state index in [4.69, 9.17) is 16.3 Å². The fourth-order valence-corrected chi connectivity index (χ4v) is 2.45. The molecule has 0 bridgehead atoms. The Balaban J connectivity index is 2.07. The van der Waals surface area contributed by atoms with Gasteiger partial charge in [-0.1, -0.05) is 23.7 Å². The number of carbonyl (C=O) groups is 1. The summed E-state index contributed by atoms with van der Waals surface area (Å²) in [6, 6.07) is 10.9. The van der Waals surface area contributed by atoms with E-state index >= 15 is 0 Å². The molecule has 0 aliphatic carbocycles. The Morgan fingerprint density at radius 1 is 1.29 bits per heavy atom. The van der Waals surface area contributed by atoms with E-state index in [9.17, 15) is 4.79 Å². The number of azo groups is 1. The number of hydrogen-bond donors (Lipinski definition) is 0. The second-order valence-electron chi connectivity index (χ2n) is 5.25. The molecular weight excluding hydrogens is 328 g/mol. The number of hydrogen-bond acceptors (Lipinski definition) is 5. The van der Waals surface area contributed by atoms with Gasteiger partial charge in [0.05, 0.1) is 24.9 Å². The molecule has 2 heterocycles. The van der Waals surface area contributed by atoms with Gasteiger partial charge in [-0.15, -0.1) is 10.2 Å². The van der Waals surface area contributed by atoms with Crippen molar-refractivity contribution in [1.29, 1.82) is 0 Å². The average Bonchev–Trinajstić information content (AvgIpc) is 2.89. The minimum absolute atomic E-state index is 0.0289. The number of aromatic nitrogens is 2. The molecule has 2 aromatic heterocycles. The van der Waals surface area contributed by atoms with Gasteiger partial charge in [0.1, 0.15) is 5.65 Å². The minimum Gasteiger partial charge on any atom is -0.469 e. The Labute approximate surface area is 143 Å². The molecular formula is C17H15ClN4O2. The monoisotopic (exact) mass is 342 g/mol. The van der Waals surface area contributed by atoms with Crippen molar-refractivity contribution in [3.63, 3.8) is 0 Å². The zero-order valence-electron chi connectivity index (χ0n) is 13.2. The largest absolute Gasteiger partial charge is 0.469 e. The average molecular weight is 343 g/mol. The maximum Gasteiger partial charge on any atom is 0.311 e. The van der Waals surface area contributed by atoms with E-state index < -0.39 is 0 Å². The van der Waals surface area contributed by atoms with E-state index in [1.165, 1.54) is 7.11 Å². The molecule has 0 N–H and O–H groups in total. The number of benzene rings is 1. The third-order valence-electron chi connectivity index (χ3n) is 3.42. The highest BCUT2D eigenvalue weighted by Gasteiger charge is 2.16. The van der Waals surface area contributed by atoms with Crippen LogP contribution in [0.4, 0.5) is 11.5 Å². The number of halogens is 1. The molecule has 0 spiro atoms. The van der Waals surface area contributed by atoms with Crippen LogP contribution in [-0.4, -0.2) is 22.5 Å². The smallest absolute Gasteiger partial charge is 0.311 e. The quantitative estimate of drug-likeness (QED) is 0.520. The lowest BCUT2D eigenvalue weighted by Crippen LogP contribution is -2.04. The predicted octanol–water partition coefficient (Wildman–Crippen LogP) is 4.43. The number of carbonyl (C=O) groups excluding carboxylic acids is 1. The van der Waals surface area contributed by atoms with Gasteiger partial charge < -0.3 is 4.74 Å². The lowest BCUT2D eigenvalue weighted by atomic mass is 10.3. The maximum atomic E-state index is 11.6. The Bertz CT molecular complexity index is 933. The number of ether oxygens (including phenoxy) is 1. The second kappa shape index (κ2) is 6.80. The standard InChI is InChI=1S/C17H15ClN4O2/c1-11-6-7-15-19-14(9-16(23)24-2)17(22(15)10-11)21-20-13-5-3-4-12(18)8-13/h3-8,10H,9H2,1-2H3. The normalized spacial score (nSPS) is 11.3. The van der Waals surface area contributed by atoms with Crippen LogP contribution < -0.4 is 0 Å². The molecule has 0 unspecified atom stereocenters. The van der Waals surface area contributed by atoms with Crippen molar-refractivity contribution in [3.05, 3.63) is 58.9 Å². The molecule has 3 aromatic rings. The van der Waals surface area contributed by atoms with Gasteiger partial charge in [-0.3, -0.25) is 9.20 Å². The summed E-state index contributed by atoms with van der Waals surface area (Å²) in [5, 5.41) is 9.08. The van der Waals surface area contributed by atoms with Crippen molar-refractivity contribution in [2.24, 2.45) is 10.2 Å². The van der Waals surface area contributed by atoms with Crippen molar-refractivity contribution < 1.29 is 9.53 Å². The molecule has 0 saturated carbocycles. The highest BCUT2D eigenvalue weighted by Crippen LogP contribution is 2.26. The molecule has 1 aromatic carbocycles. The van der Waals surface area contributed by atoms with Gasteiger partial charge in [-0.2, -0.15) is 0 Å². The molecule has 0 radical (unpaired) electrons. The first-order valence-electron chi connectivity index (χ1n) is 7.28. The van der Waals surface area contributed by atoms with E-state index in [1.54, 1.807) is 24.3 Å². The molecule has 0 atom stereocenters. The topological polar surface area (TPSA) is 68.3 Å². The lowest BCUT2D eigenvalue weighted by molar-refractivity contribution is -0.139. The Morgan fingerprint density at radius 2 is 2.12 bits per heavy atom. The van der Waals surface area contributed by atoms with E-state index in [2.05, 4.69) is 15.2 Å². The fraction of sp³-hybridized carbons (Fsp3) is 0.176. The zero-order chi connectivity index (χ0) is 17.1.